The Hall–Kier alpha value is -1.63. The molecule has 2 saturated heterocycles. The van der Waals surface area contributed by atoms with Crippen molar-refractivity contribution in [2.24, 2.45) is 5.92 Å². The van der Waals surface area contributed by atoms with Gasteiger partial charge in [-0.1, -0.05) is 6.92 Å². The second-order valence-electron chi connectivity index (χ2n) is 5.76. The maximum absolute atomic E-state index is 12.1. The minimum absolute atomic E-state index is 0.0290. The van der Waals surface area contributed by atoms with Crippen LogP contribution in [0.5, 0.6) is 0 Å². The first-order chi connectivity index (χ1) is 10.0. The predicted octanol–water partition coefficient (Wildman–Crippen LogP) is -1.21. The summed E-state index contributed by atoms with van der Waals surface area (Å²) >= 11 is 0. The molecule has 118 valence electrons. The largest absolute Gasteiger partial charge is 0.351 e. The summed E-state index contributed by atoms with van der Waals surface area (Å²) in [5.41, 5.74) is 0. The summed E-state index contributed by atoms with van der Waals surface area (Å²) in [6.07, 6.45) is 0.892. The van der Waals surface area contributed by atoms with E-state index in [1.54, 1.807) is 0 Å². The van der Waals surface area contributed by atoms with Gasteiger partial charge in [-0.15, -0.1) is 0 Å². The lowest BCUT2D eigenvalue weighted by Crippen LogP contribution is -2.57. The number of piperidine rings is 1. The molecular formula is C14H24N4O3. The van der Waals surface area contributed by atoms with E-state index in [4.69, 9.17) is 0 Å². The first-order valence-corrected chi connectivity index (χ1v) is 7.61. The molecule has 0 aromatic heterocycles. The smallest absolute Gasteiger partial charge is 0.312 e. The molecule has 0 spiro atoms. The van der Waals surface area contributed by atoms with Gasteiger partial charge in [-0.05, 0) is 32.4 Å². The third-order valence-electron chi connectivity index (χ3n) is 4.25. The third-order valence-corrected chi connectivity index (χ3v) is 4.25. The van der Waals surface area contributed by atoms with Crippen molar-refractivity contribution in [1.82, 2.24) is 20.4 Å². The normalized spacial score (nSPS) is 27.0. The number of hydrogen-bond donors (Lipinski definition) is 2. The highest BCUT2D eigenvalue weighted by molar-refractivity contribution is 6.35. The fraction of sp³-hybridized carbons (Fsp3) is 0.786. The maximum Gasteiger partial charge on any atom is 0.312 e. The Bertz CT molecular complexity index is 426. The van der Waals surface area contributed by atoms with Gasteiger partial charge < -0.3 is 20.4 Å². The number of amides is 3. The third kappa shape index (κ3) is 3.72. The lowest BCUT2D eigenvalue weighted by molar-refractivity contribution is -0.156. The molecule has 21 heavy (non-hydrogen) atoms. The molecule has 2 aliphatic heterocycles. The van der Waals surface area contributed by atoms with Crippen LogP contribution in [0.15, 0.2) is 0 Å². The second-order valence-corrected chi connectivity index (χ2v) is 5.76. The number of nitrogens with one attached hydrogen (secondary N) is 2. The van der Waals surface area contributed by atoms with E-state index < -0.39 is 11.8 Å². The van der Waals surface area contributed by atoms with Gasteiger partial charge in [0.2, 0.25) is 5.91 Å². The average molecular weight is 296 g/mol. The van der Waals surface area contributed by atoms with Crippen LogP contribution in [0.3, 0.4) is 0 Å². The zero-order chi connectivity index (χ0) is 15.4. The van der Waals surface area contributed by atoms with Gasteiger partial charge in [0.05, 0.1) is 0 Å². The minimum atomic E-state index is -0.573. The Morgan fingerprint density at radius 2 is 1.95 bits per heavy atom. The summed E-state index contributed by atoms with van der Waals surface area (Å²) in [6, 6.07) is 0.140. The summed E-state index contributed by atoms with van der Waals surface area (Å²) < 4.78 is 0. The van der Waals surface area contributed by atoms with Gasteiger partial charge in [0.25, 0.3) is 0 Å². The van der Waals surface area contributed by atoms with Crippen LogP contribution >= 0.6 is 0 Å². The van der Waals surface area contributed by atoms with E-state index in [0.29, 0.717) is 25.6 Å². The molecule has 2 aliphatic rings. The molecule has 7 heteroatoms. The number of carbonyl (C=O) groups excluding carboxylic acids is 3. The van der Waals surface area contributed by atoms with Crippen LogP contribution in [0.2, 0.25) is 0 Å². The molecule has 3 amide bonds. The highest BCUT2D eigenvalue weighted by atomic mass is 16.2. The summed E-state index contributed by atoms with van der Waals surface area (Å²) in [5.74, 6) is -0.889. The Morgan fingerprint density at radius 1 is 1.29 bits per heavy atom. The molecule has 0 radical (unpaired) electrons. The molecule has 0 aromatic carbocycles. The standard InChI is InChI=1S/C14H24N4O3/c1-3-17-6-7-18(14(21)13(17)20)9-12(19)16-11-4-5-15-8-10(11)2/h10-11,15H,3-9H2,1-2H3,(H,16,19). The Morgan fingerprint density at radius 3 is 2.62 bits per heavy atom. The first kappa shape index (κ1) is 15.8. The van der Waals surface area contributed by atoms with E-state index in [2.05, 4.69) is 17.6 Å². The zero-order valence-corrected chi connectivity index (χ0v) is 12.7. The number of hydrogen-bond acceptors (Lipinski definition) is 4. The zero-order valence-electron chi connectivity index (χ0n) is 12.7. The Labute approximate surface area is 125 Å². The number of nitrogens with zero attached hydrogens (tertiary/aromatic N) is 2. The van der Waals surface area contributed by atoms with E-state index >= 15 is 0 Å². The van der Waals surface area contributed by atoms with Gasteiger partial charge in [0, 0.05) is 25.7 Å². The van der Waals surface area contributed by atoms with Crippen LogP contribution < -0.4 is 10.6 Å². The van der Waals surface area contributed by atoms with Crippen molar-refractivity contribution in [3.8, 4) is 0 Å². The van der Waals surface area contributed by atoms with Crippen molar-refractivity contribution in [3.63, 3.8) is 0 Å². The lowest BCUT2D eigenvalue weighted by Gasteiger charge is -2.34. The summed E-state index contributed by atoms with van der Waals surface area (Å²) in [7, 11) is 0. The SMILES string of the molecule is CCN1CCN(CC(=O)NC2CCNCC2C)C(=O)C1=O. The molecule has 2 heterocycles. The monoisotopic (exact) mass is 296 g/mol. The van der Waals surface area contributed by atoms with Crippen molar-refractivity contribution in [3.05, 3.63) is 0 Å². The molecule has 0 aliphatic carbocycles. The molecule has 2 unspecified atom stereocenters. The van der Waals surface area contributed by atoms with Crippen molar-refractivity contribution in [2.75, 3.05) is 39.3 Å². The maximum atomic E-state index is 12.1. The van der Waals surface area contributed by atoms with Gasteiger partial charge in [-0.25, -0.2) is 0 Å². The highest BCUT2D eigenvalue weighted by Crippen LogP contribution is 2.10. The van der Waals surface area contributed by atoms with E-state index in [9.17, 15) is 14.4 Å². The molecule has 7 nitrogen and oxygen atoms in total. The van der Waals surface area contributed by atoms with Gasteiger partial charge in [0.1, 0.15) is 6.54 Å². The number of piperazine rings is 1. The highest BCUT2D eigenvalue weighted by Gasteiger charge is 2.33. The van der Waals surface area contributed by atoms with Gasteiger partial charge in [-0.2, -0.15) is 0 Å². The van der Waals surface area contributed by atoms with E-state index in [1.165, 1.54) is 9.80 Å². The molecule has 0 bridgehead atoms. The van der Waals surface area contributed by atoms with E-state index in [0.717, 1.165) is 19.5 Å². The van der Waals surface area contributed by atoms with Gasteiger partial charge in [0.15, 0.2) is 0 Å². The van der Waals surface area contributed by atoms with Gasteiger partial charge in [-0.3, -0.25) is 14.4 Å². The Kier molecular flexibility index (Phi) is 5.17. The fourth-order valence-corrected chi connectivity index (χ4v) is 2.82. The van der Waals surface area contributed by atoms with Crippen LogP contribution in [0, 0.1) is 5.92 Å². The lowest BCUT2D eigenvalue weighted by atomic mass is 9.95. The summed E-state index contributed by atoms with van der Waals surface area (Å²) in [4.78, 5) is 38.6. The van der Waals surface area contributed by atoms with Crippen LogP contribution in [0.1, 0.15) is 20.3 Å². The van der Waals surface area contributed by atoms with Crippen LogP contribution in [-0.4, -0.2) is 72.8 Å². The number of rotatable bonds is 4. The quantitative estimate of drug-likeness (QED) is 0.638. The van der Waals surface area contributed by atoms with Crippen molar-refractivity contribution in [1.29, 1.82) is 0 Å². The van der Waals surface area contributed by atoms with E-state index in [1.807, 2.05) is 6.92 Å². The number of carbonyl (C=O) groups is 3. The summed E-state index contributed by atoms with van der Waals surface area (Å²) in [6.45, 7) is 7.12. The molecule has 0 aromatic rings. The molecular weight excluding hydrogens is 272 g/mol. The second kappa shape index (κ2) is 6.89. The van der Waals surface area contributed by atoms with Crippen LogP contribution in [-0.2, 0) is 14.4 Å². The van der Waals surface area contributed by atoms with Gasteiger partial charge >= 0.3 is 11.8 Å². The topological polar surface area (TPSA) is 81.8 Å². The van der Waals surface area contributed by atoms with Crippen LogP contribution in [0.4, 0.5) is 0 Å². The number of likely N-dealkylation sites (N-methyl/N-ethyl adjacent to an activating group) is 1. The summed E-state index contributed by atoms with van der Waals surface area (Å²) in [5, 5.41) is 6.26. The average Bonchev–Trinajstić information content (AvgIpc) is 2.47. The predicted molar refractivity (Wildman–Crippen MR) is 77.4 cm³/mol. The molecule has 2 N–H and O–H groups in total. The minimum Gasteiger partial charge on any atom is -0.351 e. The van der Waals surface area contributed by atoms with E-state index in [-0.39, 0.29) is 18.5 Å². The molecule has 2 fully saturated rings. The van der Waals surface area contributed by atoms with Crippen molar-refractivity contribution in [2.45, 2.75) is 26.3 Å². The molecule has 2 atom stereocenters. The Balaban J connectivity index is 1.85. The van der Waals surface area contributed by atoms with Crippen molar-refractivity contribution < 1.29 is 14.4 Å². The molecule has 0 saturated carbocycles. The van der Waals surface area contributed by atoms with Crippen LogP contribution in [0.25, 0.3) is 0 Å². The fourth-order valence-electron chi connectivity index (χ4n) is 2.82. The first-order valence-electron chi connectivity index (χ1n) is 7.61. The molecule has 2 rings (SSSR count). The van der Waals surface area contributed by atoms with Crippen molar-refractivity contribution >= 4 is 17.7 Å².